The van der Waals surface area contributed by atoms with E-state index >= 15 is 0 Å². The number of amides is 1. The Morgan fingerprint density at radius 3 is 2.02 bits per heavy atom. The van der Waals surface area contributed by atoms with Crippen molar-refractivity contribution in [3.63, 3.8) is 0 Å². The van der Waals surface area contributed by atoms with Gasteiger partial charge in [0.25, 0.3) is 0 Å². The molecule has 0 radical (unpaired) electrons. The highest BCUT2D eigenvalue weighted by Crippen LogP contribution is 2.57. The van der Waals surface area contributed by atoms with Crippen molar-refractivity contribution >= 4 is 33.3 Å². The van der Waals surface area contributed by atoms with E-state index in [9.17, 15) is 53.8 Å². The molecule has 1 N–H and O–H groups in total. The molecular weight excluding hydrogens is 647 g/mol. The van der Waals surface area contributed by atoms with E-state index in [4.69, 9.17) is 16.3 Å². The molecule has 16 heteroatoms. The third-order valence-corrected chi connectivity index (χ3v) is 11.8. The zero-order chi connectivity index (χ0) is 32.5. The summed E-state index contributed by atoms with van der Waals surface area (Å²) in [6, 6.07) is 4.81. The molecule has 1 aliphatic carbocycles. The Hall–Kier alpha value is -3.07. The van der Waals surface area contributed by atoms with Gasteiger partial charge in [0, 0.05) is 28.6 Å². The summed E-state index contributed by atoms with van der Waals surface area (Å²) in [5.41, 5.74) is -7.93. The van der Waals surface area contributed by atoms with Crippen LogP contribution >= 0.6 is 11.6 Å². The first kappa shape index (κ1) is 32.3. The maximum absolute atomic E-state index is 14.9. The van der Waals surface area contributed by atoms with E-state index in [1.54, 1.807) is 0 Å². The van der Waals surface area contributed by atoms with Crippen LogP contribution in [0.5, 0.6) is 5.75 Å². The molecule has 2 aliphatic heterocycles. The Morgan fingerprint density at radius 2 is 1.48 bits per heavy atom. The zero-order valence-corrected chi connectivity index (χ0v) is 24.2. The molecular formula is C28H25ClF7NO6S. The number of halogens is 8. The molecule has 1 saturated heterocycles. The van der Waals surface area contributed by atoms with Gasteiger partial charge in [-0.25, -0.2) is 12.8 Å². The summed E-state index contributed by atoms with van der Waals surface area (Å²) in [5.74, 6) is -3.41. The van der Waals surface area contributed by atoms with Crippen molar-refractivity contribution in [1.29, 1.82) is 0 Å². The number of carbonyl (C=O) groups excluding carboxylic acids is 1. The van der Waals surface area contributed by atoms with Gasteiger partial charge in [-0.15, -0.1) is 0 Å². The number of ether oxygens (including phenoxy) is 1. The number of carboxylic acids is 1. The van der Waals surface area contributed by atoms with E-state index < -0.39 is 80.3 Å². The zero-order valence-electron chi connectivity index (χ0n) is 22.6. The first-order chi connectivity index (χ1) is 20.4. The number of carbonyl (C=O) groups is 2. The molecule has 0 spiro atoms. The lowest BCUT2D eigenvalue weighted by Crippen LogP contribution is -2.56. The van der Waals surface area contributed by atoms with Crippen LogP contribution in [0.3, 0.4) is 0 Å². The minimum absolute atomic E-state index is 0.155. The number of benzene rings is 2. The van der Waals surface area contributed by atoms with E-state index in [1.165, 1.54) is 29.2 Å². The lowest BCUT2D eigenvalue weighted by Gasteiger charge is -2.43. The normalized spacial score (nSPS) is 26.0. The fourth-order valence-corrected chi connectivity index (χ4v) is 9.04. The molecule has 2 fully saturated rings. The number of carboxylic acid groups (broad SMARTS) is 1. The number of fused-ring (bicyclic) bond motifs is 3. The SMILES string of the molecule is O=C(O)C1CCC(C(=O)N2CCC3(S(=O)(=O)c4ccc(Cl)cc4)c4ccc(C(F)(C(F)(F)F)C(F)(F)F)cc4OCC23)CC1. The Labute approximate surface area is 251 Å². The number of aliphatic carboxylic acids is 1. The molecule has 2 unspecified atom stereocenters. The highest BCUT2D eigenvalue weighted by molar-refractivity contribution is 7.92. The van der Waals surface area contributed by atoms with Gasteiger partial charge in [-0.05, 0) is 62.4 Å². The number of hydrogen-bond donors (Lipinski definition) is 1. The summed E-state index contributed by atoms with van der Waals surface area (Å²) >= 11 is 5.93. The predicted octanol–water partition coefficient (Wildman–Crippen LogP) is 6.18. The average Bonchev–Trinajstić information content (AvgIpc) is 3.37. The fraction of sp³-hybridized carbons (Fsp3) is 0.500. The van der Waals surface area contributed by atoms with Crippen molar-refractivity contribution in [2.24, 2.45) is 11.8 Å². The number of nitrogens with zero attached hydrogens (tertiary/aromatic N) is 1. The van der Waals surface area contributed by atoms with Crippen LogP contribution in [0.4, 0.5) is 30.7 Å². The maximum Gasteiger partial charge on any atom is 0.435 e. The topological polar surface area (TPSA) is 101 Å². The minimum atomic E-state index is -6.40. The monoisotopic (exact) mass is 671 g/mol. The smallest absolute Gasteiger partial charge is 0.435 e. The van der Waals surface area contributed by atoms with Crippen LogP contribution in [0, 0.1) is 11.8 Å². The molecule has 7 nitrogen and oxygen atoms in total. The van der Waals surface area contributed by atoms with Crippen LogP contribution in [-0.4, -0.2) is 61.8 Å². The highest BCUT2D eigenvalue weighted by atomic mass is 35.5. The number of rotatable bonds is 5. The number of hydrogen-bond acceptors (Lipinski definition) is 5. The minimum Gasteiger partial charge on any atom is -0.491 e. The molecule has 0 aromatic heterocycles. The molecule has 2 heterocycles. The lowest BCUT2D eigenvalue weighted by atomic mass is 9.81. The van der Waals surface area contributed by atoms with E-state index in [2.05, 4.69) is 0 Å². The van der Waals surface area contributed by atoms with Crippen LogP contribution in [0.2, 0.25) is 5.02 Å². The van der Waals surface area contributed by atoms with Crippen LogP contribution in [0.1, 0.15) is 43.2 Å². The Bertz CT molecular complexity index is 1560. The Morgan fingerprint density at radius 1 is 0.909 bits per heavy atom. The second-order valence-electron chi connectivity index (χ2n) is 11.2. The van der Waals surface area contributed by atoms with Gasteiger partial charge in [0.2, 0.25) is 5.91 Å². The quantitative estimate of drug-likeness (QED) is 0.381. The molecule has 2 aromatic rings. The third kappa shape index (κ3) is 4.81. The van der Waals surface area contributed by atoms with Crippen molar-refractivity contribution in [2.45, 2.75) is 65.8 Å². The van der Waals surface area contributed by atoms with Gasteiger partial charge in [-0.3, -0.25) is 9.59 Å². The van der Waals surface area contributed by atoms with Crippen molar-refractivity contribution in [3.8, 4) is 5.75 Å². The molecule has 1 saturated carbocycles. The first-order valence-electron chi connectivity index (χ1n) is 13.5. The largest absolute Gasteiger partial charge is 0.491 e. The van der Waals surface area contributed by atoms with Crippen LogP contribution < -0.4 is 4.74 Å². The van der Waals surface area contributed by atoms with E-state index in [0.717, 1.165) is 0 Å². The van der Waals surface area contributed by atoms with Crippen molar-refractivity contribution < 1.29 is 58.6 Å². The molecule has 1 amide bonds. The predicted molar refractivity (Wildman–Crippen MR) is 140 cm³/mol. The second kappa shape index (κ2) is 10.8. The summed E-state index contributed by atoms with van der Waals surface area (Å²) in [6.45, 7) is -0.783. The highest BCUT2D eigenvalue weighted by Gasteiger charge is 2.74. The van der Waals surface area contributed by atoms with Gasteiger partial charge >= 0.3 is 24.0 Å². The van der Waals surface area contributed by atoms with Crippen LogP contribution in [-0.2, 0) is 29.8 Å². The molecule has 44 heavy (non-hydrogen) atoms. The summed E-state index contributed by atoms with van der Waals surface area (Å²) in [7, 11) is -4.56. The molecule has 3 aliphatic rings. The van der Waals surface area contributed by atoms with Crippen molar-refractivity contribution in [2.75, 3.05) is 13.2 Å². The van der Waals surface area contributed by atoms with Gasteiger partial charge in [-0.1, -0.05) is 23.7 Å². The number of sulfone groups is 1. The Kier molecular flexibility index (Phi) is 7.92. The van der Waals surface area contributed by atoms with Gasteiger partial charge in [0.1, 0.15) is 17.1 Å². The first-order valence-corrected chi connectivity index (χ1v) is 15.4. The molecule has 240 valence electrons. The van der Waals surface area contributed by atoms with Gasteiger partial charge in [0.15, 0.2) is 9.84 Å². The molecule has 2 atom stereocenters. The van der Waals surface area contributed by atoms with E-state index in [0.29, 0.717) is 6.07 Å². The second-order valence-corrected chi connectivity index (χ2v) is 13.9. The van der Waals surface area contributed by atoms with E-state index in [1.807, 2.05) is 0 Å². The van der Waals surface area contributed by atoms with Gasteiger partial charge in [0.05, 0.1) is 16.9 Å². The Balaban J connectivity index is 1.62. The number of likely N-dealkylation sites (tertiary alicyclic amines) is 1. The average molecular weight is 672 g/mol. The van der Waals surface area contributed by atoms with Gasteiger partial charge < -0.3 is 14.7 Å². The lowest BCUT2D eigenvalue weighted by molar-refractivity contribution is -0.348. The fourth-order valence-electron chi connectivity index (χ4n) is 6.63. The standard InChI is InChI=1S/C28H25ClF7NO6S/c29-18-6-8-19(9-7-18)44(41,42)25-11-12-37(23(38)15-1-3-16(4-2-15)24(39)40)22(25)14-43-21-13-17(5-10-20(21)25)26(30,27(31,32)33)28(34,35)36/h5-10,13,15-16,22H,1-4,11-12,14H2,(H,39,40). The van der Waals surface area contributed by atoms with Crippen molar-refractivity contribution in [3.05, 3.63) is 58.6 Å². The maximum atomic E-state index is 14.9. The van der Waals surface area contributed by atoms with Crippen LogP contribution in [0.25, 0.3) is 0 Å². The summed E-state index contributed by atoms with van der Waals surface area (Å²) in [4.78, 5) is 26.1. The number of alkyl halides is 7. The van der Waals surface area contributed by atoms with E-state index in [-0.39, 0.29) is 66.3 Å². The summed E-state index contributed by atoms with van der Waals surface area (Å²) in [6.07, 6.45) is -12.2. The third-order valence-electron chi connectivity index (χ3n) is 8.96. The van der Waals surface area contributed by atoms with Gasteiger partial charge in [-0.2, -0.15) is 26.3 Å². The summed E-state index contributed by atoms with van der Waals surface area (Å²) < 4.78 is 128. The van der Waals surface area contributed by atoms with Crippen LogP contribution in [0.15, 0.2) is 47.4 Å². The molecule has 5 rings (SSSR count). The van der Waals surface area contributed by atoms with Crippen molar-refractivity contribution in [1.82, 2.24) is 4.90 Å². The summed E-state index contributed by atoms with van der Waals surface area (Å²) in [5, 5.41) is 9.48. The molecule has 0 bridgehead atoms. The molecule has 2 aromatic carbocycles.